The van der Waals surface area contributed by atoms with Crippen LogP contribution in [0.5, 0.6) is 0 Å². The molecule has 0 spiro atoms. The molecule has 0 N–H and O–H groups in total. The monoisotopic (exact) mass is 553 g/mol. The molecule has 192 valence electrons. The van der Waals surface area contributed by atoms with Crippen LogP contribution in [0.25, 0.3) is 40.3 Å². The van der Waals surface area contributed by atoms with Gasteiger partial charge in [-0.25, -0.2) is 0 Å². The van der Waals surface area contributed by atoms with E-state index in [0.29, 0.717) is 16.2 Å². The van der Waals surface area contributed by atoms with E-state index in [1.807, 2.05) is 42.5 Å². The number of hydrogen-bond donors (Lipinski definition) is 0. The van der Waals surface area contributed by atoms with Crippen LogP contribution in [0.1, 0.15) is 25.0 Å². The van der Waals surface area contributed by atoms with Gasteiger partial charge in [0.1, 0.15) is 0 Å². The summed E-state index contributed by atoms with van der Waals surface area (Å²) < 4.78 is 3.53. The maximum Gasteiger partial charge on any atom is 0.195 e. The number of rotatable bonds is 1. The summed E-state index contributed by atoms with van der Waals surface area (Å²) in [6.07, 6.45) is 0. The maximum atomic E-state index is 13.8. The lowest BCUT2D eigenvalue weighted by Crippen LogP contribution is -2.30. The van der Waals surface area contributed by atoms with Crippen LogP contribution in [-0.4, -0.2) is 0 Å². The zero-order valence-electron chi connectivity index (χ0n) is 21.9. The minimum atomic E-state index is -0.135. The third-order valence-electron chi connectivity index (χ3n) is 8.25. The minimum absolute atomic E-state index is 0.00517. The first-order valence-corrected chi connectivity index (χ1v) is 14.9. The number of fused-ring (bicyclic) bond motifs is 6. The summed E-state index contributed by atoms with van der Waals surface area (Å²) in [5.41, 5.74) is 5.73. The molecule has 0 unspecified atom stereocenters. The van der Waals surface area contributed by atoms with Crippen LogP contribution in [0, 0.1) is 0 Å². The van der Waals surface area contributed by atoms with Crippen LogP contribution in [0.15, 0.2) is 113 Å². The van der Waals surface area contributed by atoms with Gasteiger partial charge in [-0.2, -0.15) is 0 Å². The number of nitrogens with zero attached hydrogens (tertiary/aromatic N) is 1. The zero-order chi connectivity index (χ0) is 27.2. The molecular weight excluding hydrogens is 531 g/mol. The van der Waals surface area contributed by atoms with E-state index < -0.39 is 0 Å². The van der Waals surface area contributed by atoms with E-state index >= 15 is 0 Å². The van der Waals surface area contributed by atoms with Crippen molar-refractivity contribution in [1.82, 2.24) is 0 Å². The summed E-state index contributed by atoms with van der Waals surface area (Å²) in [5.74, 6) is 0. The SMILES string of the molecule is CC1(C)c2ccccc2N(c2ccc3c(=O)c4cc5sc6ccccc6c(=O)c5cc4sc3c2)c2ccccc21. The van der Waals surface area contributed by atoms with Crippen LogP contribution in [0.4, 0.5) is 17.1 Å². The number of para-hydroxylation sites is 2. The van der Waals surface area contributed by atoms with Crippen LogP contribution < -0.4 is 15.8 Å². The lowest BCUT2D eigenvalue weighted by Gasteiger charge is -2.42. The van der Waals surface area contributed by atoms with E-state index in [4.69, 9.17) is 0 Å². The van der Waals surface area contributed by atoms with Crippen molar-refractivity contribution in [2.24, 2.45) is 0 Å². The van der Waals surface area contributed by atoms with E-state index in [0.717, 1.165) is 41.2 Å². The second kappa shape index (κ2) is 8.34. The lowest BCUT2D eigenvalue weighted by molar-refractivity contribution is 0.632. The van der Waals surface area contributed by atoms with Crippen molar-refractivity contribution in [3.8, 4) is 0 Å². The largest absolute Gasteiger partial charge is 0.310 e. The molecular formula is C35H23NO2S2. The van der Waals surface area contributed by atoms with Crippen molar-refractivity contribution >= 4 is 80.1 Å². The van der Waals surface area contributed by atoms with Gasteiger partial charge < -0.3 is 4.90 Å². The Labute approximate surface area is 238 Å². The molecule has 0 aliphatic carbocycles. The Morgan fingerprint density at radius 3 is 1.68 bits per heavy atom. The van der Waals surface area contributed by atoms with Crippen LogP contribution in [-0.2, 0) is 5.41 Å². The van der Waals surface area contributed by atoms with Crippen molar-refractivity contribution in [2.75, 3.05) is 4.90 Å². The molecule has 5 heteroatoms. The molecule has 0 saturated heterocycles. The highest BCUT2D eigenvalue weighted by molar-refractivity contribution is 7.26. The normalized spacial score (nSPS) is 14.1. The molecule has 7 aromatic rings. The Balaban J connectivity index is 1.39. The molecule has 3 heterocycles. The van der Waals surface area contributed by atoms with Gasteiger partial charge in [-0.3, -0.25) is 9.59 Å². The van der Waals surface area contributed by atoms with Gasteiger partial charge in [0.25, 0.3) is 0 Å². The van der Waals surface area contributed by atoms with Gasteiger partial charge >= 0.3 is 0 Å². The summed E-state index contributed by atoms with van der Waals surface area (Å²) >= 11 is 3.14. The second-order valence-electron chi connectivity index (χ2n) is 10.9. The summed E-state index contributed by atoms with van der Waals surface area (Å²) in [6, 6.07) is 34.8. The Bertz CT molecular complexity index is 2260. The first kappa shape index (κ1) is 23.6. The fourth-order valence-electron chi connectivity index (χ4n) is 6.22. The van der Waals surface area contributed by atoms with E-state index in [9.17, 15) is 9.59 Å². The van der Waals surface area contributed by atoms with Gasteiger partial charge in [0, 0.05) is 51.4 Å². The molecule has 0 bridgehead atoms. The molecule has 1 aliphatic rings. The quantitative estimate of drug-likeness (QED) is 0.190. The number of hydrogen-bond acceptors (Lipinski definition) is 5. The van der Waals surface area contributed by atoms with Crippen LogP contribution in [0.2, 0.25) is 0 Å². The van der Waals surface area contributed by atoms with Gasteiger partial charge in [-0.1, -0.05) is 62.4 Å². The van der Waals surface area contributed by atoms with Crippen molar-refractivity contribution in [3.63, 3.8) is 0 Å². The fourth-order valence-corrected chi connectivity index (χ4v) is 8.44. The van der Waals surface area contributed by atoms with Crippen molar-refractivity contribution in [1.29, 1.82) is 0 Å². The lowest BCUT2D eigenvalue weighted by atomic mass is 9.73. The molecule has 40 heavy (non-hydrogen) atoms. The highest BCUT2D eigenvalue weighted by Crippen LogP contribution is 2.51. The highest BCUT2D eigenvalue weighted by atomic mass is 32.1. The summed E-state index contributed by atoms with van der Waals surface area (Å²) in [4.78, 5) is 29.4. The fraction of sp³-hybridized carbons (Fsp3) is 0.0857. The van der Waals surface area contributed by atoms with Crippen molar-refractivity contribution < 1.29 is 0 Å². The summed E-state index contributed by atoms with van der Waals surface area (Å²) in [6.45, 7) is 4.55. The average Bonchev–Trinajstić information content (AvgIpc) is 2.97. The molecule has 0 saturated carbocycles. The maximum absolute atomic E-state index is 13.8. The topological polar surface area (TPSA) is 37.4 Å². The molecule has 1 aliphatic heterocycles. The second-order valence-corrected chi connectivity index (χ2v) is 13.0. The zero-order valence-corrected chi connectivity index (χ0v) is 23.5. The molecule has 0 radical (unpaired) electrons. The molecule has 2 aromatic heterocycles. The van der Waals surface area contributed by atoms with E-state index in [1.165, 1.54) is 11.1 Å². The van der Waals surface area contributed by atoms with Gasteiger partial charge in [0.05, 0.1) is 11.4 Å². The van der Waals surface area contributed by atoms with Gasteiger partial charge in [-0.15, -0.1) is 22.7 Å². The van der Waals surface area contributed by atoms with Crippen molar-refractivity contribution in [2.45, 2.75) is 19.3 Å². The number of benzene rings is 5. The average molecular weight is 554 g/mol. The third kappa shape index (κ3) is 3.22. The third-order valence-corrected chi connectivity index (χ3v) is 10.5. The Kier molecular flexibility index (Phi) is 4.91. The van der Waals surface area contributed by atoms with E-state index in [2.05, 4.69) is 79.4 Å². The molecule has 0 amide bonds. The van der Waals surface area contributed by atoms with Crippen molar-refractivity contribution in [3.05, 3.63) is 135 Å². The molecule has 3 nitrogen and oxygen atoms in total. The van der Waals surface area contributed by atoms with Crippen LogP contribution >= 0.6 is 22.7 Å². The highest BCUT2D eigenvalue weighted by Gasteiger charge is 2.36. The number of anilines is 3. The summed E-state index contributed by atoms with van der Waals surface area (Å²) in [7, 11) is 0. The van der Waals surface area contributed by atoms with E-state index in [-0.39, 0.29) is 16.3 Å². The predicted octanol–water partition coefficient (Wildman–Crippen LogP) is 9.25. The summed E-state index contributed by atoms with van der Waals surface area (Å²) in [5, 5.41) is 2.76. The molecule has 5 aromatic carbocycles. The van der Waals surface area contributed by atoms with Crippen LogP contribution in [0.3, 0.4) is 0 Å². The first-order chi connectivity index (χ1) is 19.4. The Morgan fingerprint density at radius 1 is 0.525 bits per heavy atom. The minimum Gasteiger partial charge on any atom is -0.310 e. The standard InChI is InChI=1S/C35H23NO2S2/c1-35(2)25-10-4-6-12-27(25)36(28-13-7-5-11-26(28)35)20-15-16-22-30(17-20)40-32-19-23-31(18-24(32)34(22)38)39-29-14-8-3-9-21(29)33(23)37/h3-19H,1-2H3. The predicted molar refractivity (Wildman–Crippen MR) is 172 cm³/mol. The first-order valence-electron chi connectivity index (χ1n) is 13.3. The Hall–Kier alpha value is -4.32. The van der Waals surface area contributed by atoms with E-state index in [1.54, 1.807) is 22.7 Å². The van der Waals surface area contributed by atoms with Gasteiger partial charge in [0.15, 0.2) is 10.9 Å². The molecule has 0 fully saturated rings. The van der Waals surface area contributed by atoms with Gasteiger partial charge in [0.2, 0.25) is 0 Å². The smallest absolute Gasteiger partial charge is 0.195 e. The molecule has 8 rings (SSSR count). The van der Waals surface area contributed by atoms with Gasteiger partial charge in [-0.05, 0) is 65.7 Å². The molecule has 0 atom stereocenters. The Morgan fingerprint density at radius 2 is 1.02 bits per heavy atom.